The maximum absolute atomic E-state index is 11.9. The Labute approximate surface area is 108 Å². The van der Waals surface area contributed by atoms with Gasteiger partial charge < -0.3 is 15.3 Å². The van der Waals surface area contributed by atoms with Gasteiger partial charge in [0.2, 0.25) is 0 Å². The number of hydrogen-bond acceptors (Lipinski definition) is 2. The van der Waals surface area contributed by atoms with Gasteiger partial charge in [-0.2, -0.15) is 0 Å². The Bertz CT molecular complexity index is 349. The number of carbonyl (C=O) groups excluding carboxylic acids is 1. The van der Waals surface area contributed by atoms with Crippen molar-refractivity contribution in [1.82, 2.24) is 10.2 Å². The first-order valence-corrected chi connectivity index (χ1v) is 6.30. The third kappa shape index (κ3) is 3.95. The van der Waals surface area contributed by atoms with Crippen LogP contribution in [0.5, 0.6) is 0 Å². The number of hydrogen-bond donors (Lipinski definition) is 2. The van der Waals surface area contributed by atoms with Crippen molar-refractivity contribution in [1.29, 1.82) is 0 Å². The third-order valence-electron chi connectivity index (χ3n) is 3.19. The molecular formula is C13H20N2O3. The van der Waals surface area contributed by atoms with Gasteiger partial charge in [-0.3, -0.25) is 0 Å². The zero-order valence-corrected chi connectivity index (χ0v) is 10.7. The highest BCUT2D eigenvalue weighted by Gasteiger charge is 2.28. The number of carboxylic acids is 1. The third-order valence-corrected chi connectivity index (χ3v) is 3.19. The fourth-order valence-electron chi connectivity index (χ4n) is 2.22. The van der Waals surface area contributed by atoms with Crippen molar-refractivity contribution < 1.29 is 14.7 Å². The number of carbonyl (C=O) groups is 2. The number of amides is 2. The van der Waals surface area contributed by atoms with Gasteiger partial charge in [-0.1, -0.05) is 13.3 Å². The van der Waals surface area contributed by atoms with Gasteiger partial charge >= 0.3 is 12.0 Å². The lowest BCUT2D eigenvalue weighted by Crippen LogP contribution is -2.47. The van der Waals surface area contributed by atoms with Crippen molar-refractivity contribution in [3.8, 4) is 12.3 Å². The van der Waals surface area contributed by atoms with Crippen LogP contribution in [0.15, 0.2) is 0 Å². The van der Waals surface area contributed by atoms with Crippen molar-refractivity contribution in [2.75, 3.05) is 13.1 Å². The molecule has 1 aliphatic rings. The largest absolute Gasteiger partial charge is 0.480 e. The summed E-state index contributed by atoms with van der Waals surface area (Å²) in [6, 6.07) is -1.32. The van der Waals surface area contributed by atoms with Crippen LogP contribution < -0.4 is 5.32 Å². The number of terminal acetylenes is 1. The molecule has 2 unspecified atom stereocenters. The summed E-state index contributed by atoms with van der Waals surface area (Å²) in [6.45, 7) is 3.52. The van der Waals surface area contributed by atoms with E-state index in [1.165, 1.54) is 0 Å². The van der Waals surface area contributed by atoms with E-state index in [9.17, 15) is 9.59 Å². The van der Waals surface area contributed by atoms with Crippen molar-refractivity contribution in [2.45, 2.75) is 38.6 Å². The molecule has 2 amide bonds. The highest BCUT2D eigenvalue weighted by Crippen LogP contribution is 2.20. The molecule has 0 aliphatic carbocycles. The molecule has 0 aromatic carbocycles. The Hall–Kier alpha value is -1.70. The van der Waals surface area contributed by atoms with Gasteiger partial charge in [0.25, 0.3) is 0 Å². The minimum atomic E-state index is -1.09. The number of likely N-dealkylation sites (tertiary alicyclic amines) is 1. The first-order chi connectivity index (χ1) is 8.58. The van der Waals surface area contributed by atoms with Crippen LogP contribution in [0.25, 0.3) is 0 Å². The average Bonchev–Trinajstić information content (AvgIpc) is 2.77. The Balaban J connectivity index is 2.46. The molecule has 0 saturated carbocycles. The number of nitrogens with zero attached hydrogens (tertiary/aromatic N) is 1. The highest BCUT2D eigenvalue weighted by molar-refractivity contribution is 5.82. The number of aliphatic carboxylic acids is 1. The molecule has 0 aromatic rings. The van der Waals surface area contributed by atoms with E-state index < -0.39 is 12.0 Å². The van der Waals surface area contributed by atoms with Crippen LogP contribution in [0.2, 0.25) is 0 Å². The number of urea groups is 1. The average molecular weight is 252 g/mol. The predicted molar refractivity (Wildman–Crippen MR) is 68.0 cm³/mol. The minimum absolute atomic E-state index is 0.00724. The maximum atomic E-state index is 11.9. The molecule has 5 heteroatoms. The molecular weight excluding hydrogens is 232 g/mol. The number of nitrogens with one attached hydrogen (secondary N) is 1. The summed E-state index contributed by atoms with van der Waals surface area (Å²) in [7, 11) is 0. The van der Waals surface area contributed by atoms with E-state index in [1.807, 2.05) is 0 Å². The number of rotatable bonds is 5. The topological polar surface area (TPSA) is 69.6 Å². The molecule has 0 spiro atoms. The predicted octanol–water partition coefficient (Wildman–Crippen LogP) is 1.29. The molecule has 1 saturated heterocycles. The van der Waals surface area contributed by atoms with Crippen LogP contribution in [0.4, 0.5) is 4.79 Å². The van der Waals surface area contributed by atoms with E-state index in [-0.39, 0.29) is 12.5 Å². The molecule has 0 radical (unpaired) electrons. The van der Waals surface area contributed by atoms with Crippen molar-refractivity contribution in [2.24, 2.45) is 5.92 Å². The Kier molecular flexibility index (Phi) is 5.50. The van der Waals surface area contributed by atoms with E-state index in [4.69, 9.17) is 11.5 Å². The molecule has 1 heterocycles. The summed E-state index contributed by atoms with van der Waals surface area (Å²) < 4.78 is 0. The summed E-state index contributed by atoms with van der Waals surface area (Å²) in [5.41, 5.74) is 0. The smallest absolute Gasteiger partial charge is 0.327 e. The highest BCUT2D eigenvalue weighted by atomic mass is 16.4. The van der Waals surface area contributed by atoms with Gasteiger partial charge in [-0.05, 0) is 18.8 Å². The van der Waals surface area contributed by atoms with Crippen molar-refractivity contribution in [3.63, 3.8) is 0 Å². The van der Waals surface area contributed by atoms with E-state index in [0.717, 1.165) is 19.3 Å². The summed E-state index contributed by atoms with van der Waals surface area (Å²) in [6.07, 6.45) is 8.29. The van der Waals surface area contributed by atoms with Crippen LogP contribution in [-0.4, -0.2) is 41.1 Å². The van der Waals surface area contributed by atoms with Crippen LogP contribution >= 0.6 is 0 Å². The van der Waals surface area contributed by atoms with Crippen LogP contribution in [0.1, 0.15) is 32.6 Å². The summed E-state index contributed by atoms with van der Waals surface area (Å²) in [4.78, 5) is 24.4. The molecule has 2 atom stereocenters. The zero-order valence-electron chi connectivity index (χ0n) is 10.7. The summed E-state index contributed by atoms with van der Waals surface area (Å²) >= 11 is 0. The Morgan fingerprint density at radius 1 is 1.61 bits per heavy atom. The zero-order chi connectivity index (χ0) is 13.5. The van der Waals surface area contributed by atoms with Gasteiger partial charge in [-0.15, -0.1) is 12.3 Å². The fourth-order valence-corrected chi connectivity index (χ4v) is 2.22. The lowest BCUT2D eigenvalue weighted by Gasteiger charge is -2.20. The molecule has 18 heavy (non-hydrogen) atoms. The summed E-state index contributed by atoms with van der Waals surface area (Å²) in [5, 5.41) is 11.4. The van der Waals surface area contributed by atoms with Gasteiger partial charge in [0.15, 0.2) is 0 Å². The molecule has 5 nitrogen and oxygen atoms in total. The van der Waals surface area contributed by atoms with Crippen LogP contribution in [-0.2, 0) is 4.79 Å². The van der Waals surface area contributed by atoms with Gasteiger partial charge in [0, 0.05) is 19.5 Å². The van der Waals surface area contributed by atoms with Gasteiger partial charge in [-0.25, -0.2) is 9.59 Å². The molecule has 1 aliphatic heterocycles. The quantitative estimate of drug-likeness (QED) is 0.724. The second kappa shape index (κ2) is 6.90. The molecule has 100 valence electrons. The van der Waals surface area contributed by atoms with Crippen LogP contribution in [0.3, 0.4) is 0 Å². The molecule has 0 aromatic heterocycles. The maximum Gasteiger partial charge on any atom is 0.327 e. The monoisotopic (exact) mass is 252 g/mol. The van der Waals surface area contributed by atoms with Gasteiger partial charge in [0.05, 0.1) is 0 Å². The van der Waals surface area contributed by atoms with Crippen molar-refractivity contribution in [3.05, 3.63) is 0 Å². The second-order valence-corrected chi connectivity index (χ2v) is 4.64. The fraction of sp³-hybridized carbons (Fsp3) is 0.692. The normalized spacial score (nSPS) is 20.2. The van der Waals surface area contributed by atoms with E-state index >= 15 is 0 Å². The van der Waals surface area contributed by atoms with Crippen molar-refractivity contribution >= 4 is 12.0 Å². The van der Waals surface area contributed by atoms with E-state index in [1.54, 1.807) is 4.90 Å². The standard InChI is InChI=1S/C13H20N2O3/c1-3-5-10-7-8-15(9-10)13(18)14-11(6-4-2)12(16)17/h2,10-11H,3,5-9H2,1H3,(H,14,18)(H,16,17). The Morgan fingerprint density at radius 3 is 2.89 bits per heavy atom. The lowest BCUT2D eigenvalue weighted by molar-refractivity contribution is -0.139. The van der Waals surface area contributed by atoms with Crippen LogP contribution in [0, 0.1) is 18.3 Å². The second-order valence-electron chi connectivity index (χ2n) is 4.64. The van der Waals surface area contributed by atoms with Gasteiger partial charge in [0.1, 0.15) is 6.04 Å². The molecule has 2 N–H and O–H groups in total. The Morgan fingerprint density at radius 2 is 2.33 bits per heavy atom. The minimum Gasteiger partial charge on any atom is -0.480 e. The first-order valence-electron chi connectivity index (χ1n) is 6.30. The lowest BCUT2D eigenvalue weighted by atomic mass is 10.0. The number of carboxylic acid groups (broad SMARTS) is 1. The summed E-state index contributed by atoms with van der Waals surface area (Å²) in [5.74, 6) is 1.71. The van der Waals surface area contributed by atoms with E-state index in [0.29, 0.717) is 19.0 Å². The van der Waals surface area contributed by atoms with E-state index in [2.05, 4.69) is 18.2 Å². The molecule has 1 rings (SSSR count). The molecule has 1 fully saturated rings. The first kappa shape index (κ1) is 14.4. The molecule has 0 bridgehead atoms. The SMILES string of the molecule is C#CCC(NC(=O)N1CCC(CCC)C1)C(=O)O.